The van der Waals surface area contributed by atoms with Crippen molar-refractivity contribution in [2.24, 2.45) is 0 Å². The standard InChI is InChI=1S/C13H13BrN2/c1-2-10-3-5-15-12(7-10)13-8-11(9-14)4-6-16-13/h3-8H,2,9H2,1H3. The Balaban J connectivity index is 2.41. The molecule has 0 saturated heterocycles. The first-order valence-electron chi connectivity index (χ1n) is 5.29. The van der Waals surface area contributed by atoms with Gasteiger partial charge in [0.15, 0.2) is 0 Å². The van der Waals surface area contributed by atoms with E-state index in [-0.39, 0.29) is 0 Å². The predicted octanol–water partition coefficient (Wildman–Crippen LogP) is 3.60. The number of aryl methyl sites for hydroxylation is 1. The van der Waals surface area contributed by atoms with Crippen LogP contribution < -0.4 is 0 Å². The Morgan fingerprint density at radius 2 is 1.56 bits per heavy atom. The Hall–Kier alpha value is -1.22. The van der Waals surface area contributed by atoms with E-state index < -0.39 is 0 Å². The molecule has 2 aromatic heterocycles. The van der Waals surface area contributed by atoms with Crippen LogP contribution in [-0.4, -0.2) is 9.97 Å². The van der Waals surface area contributed by atoms with Gasteiger partial charge < -0.3 is 0 Å². The Morgan fingerprint density at radius 3 is 2.12 bits per heavy atom. The van der Waals surface area contributed by atoms with Crippen molar-refractivity contribution in [3.8, 4) is 11.4 Å². The van der Waals surface area contributed by atoms with E-state index in [1.807, 2.05) is 24.5 Å². The zero-order valence-corrected chi connectivity index (χ0v) is 10.7. The Bertz CT molecular complexity index is 437. The third-order valence-corrected chi connectivity index (χ3v) is 3.12. The van der Waals surface area contributed by atoms with Gasteiger partial charge in [0.1, 0.15) is 0 Å². The summed E-state index contributed by atoms with van der Waals surface area (Å²) in [5.74, 6) is 0. The van der Waals surface area contributed by atoms with Gasteiger partial charge in [-0.25, -0.2) is 0 Å². The number of hydrogen-bond donors (Lipinski definition) is 0. The van der Waals surface area contributed by atoms with Crippen molar-refractivity contribution in [2.45, 2.75) is 18.7 Å². The topological polar surface area (TPSA) is 25.8 Å². The van der Waals surface area contributed by atoms with Crippen LogP contribution in [-0.2, 0) is 11.8 Å². The number of hydrogen-bond acceptors (Lipinski definition) is 2. The second kappa shape index (κ2) is 5.21. The molecule has 2 heterocycles. The minimum atomic E-state index is 0.843. The van der Waals surface area contributed by atoms with E-state index in [1.54, 1.807) is 0 Å². The van der Waals surface area contributed by atoms with Crippen molar-refractivity contribution in [3.63, 3.8) is 0 Å². The molecule has 0 unspecified atom stereocenters. The molecule has 0 amide bonds. The average Bonchev–Trinajstić information content (AvgIpc) is 2.39. The van der Waals surface area contributed by atoms with Crippen molar-refractivity contribution in [1.29, 1.82) is 0 Å². The van der Waals surface area contributed by atoms with E-state index >= 15 is 0 Å². The van der Waals surface area contributed by atoms with Crippen LogP contribution in [0.25, 0.3) is 11.4 Å². The molecule has 16 heavy (non-hydrogen) atoms. The molecule has 0 bridgehead atoms. The van der Waals surface area contributed by atoms with Gasteiger partial charge in [0.2, 0.25) is 0 Å². The molecule has 0 aromatic carbocycles. The van der Waals surface area contributed by atoms with Crippen LogP contribution in [0.15, 0.2) is 36.7 Å². The summed E-state index contributed by atoms with van der Waals surface area (Å²) in [6, 6.07) is 8.20. The Labute approximate surface area is 104 Å². The van der Waals surface area contributed by atoms with Gasteiger partial charge in [0.05, 0.1) is 11.4 Å². The molecule has 0 fully saturated rings. The predicted molar refractivity (Wildman–Crippen MR) is 69.5 cm³/mol. The second-order valence-corrected chi connectivity index (χ2v) is 4.15. The van der Waals surface area contributed by atoms with E-state index in [0.717, 1.165) is 23.1 Å². The van der Waals surface area contributed by atoms with E-state index in [2.05, 4.69) is 45.0 Å². The maximum Gasteiger partial charge on any atom is 0.0889 e. The first-order chi connectivity index (χ1) is 7.83. The second-order valence-electron chi connectivity index (χ2n) is 3.59. The highest BCUT2D eigenvalue weighted by molar-refractivity contribution is 9.08. The van der Waals surface area contributed by atoms with Crippen LogP contribution in [0.1, 0.15) is 18.1 Å². The van der Waals surface area contributed by atoms with Crippen molar-refractivity contribution in [1.82, 2.24) is 9.97 Å². The third kappa shape index (κ3) is 2.47. The summed E-state index contributed by atoms with van der Waals surface area (Å²) < 4.78 is 0. The molecule has 2 aromatic rings. The summed E-state index contributed by atoms with van der Waals surface area (Å²) >= 11 is 3.44. The van der Waals surface area contributed by atoms with Crippen molar-refractivity contribution >= 4 is 15.9 Å². The highest BCUT2D eigenvalue weighted by Gasteiger charge is 2.02. The first kappa shape index (κ1) is 11.3. The molecule has 0 aliphatic rings. The van der Waals surface area contributed by atoms with Crippen LogP contribution in [0.5, 0.6) is 0 Å². The van der Waals surface area contributed by atoms with Gasteiger partial charge in [-0.3, -0.25) is 9.97 Å². The molecule has 2 rings (SSSR count). The minimum absolute atomic E-state index is 0.843. The molecular formula is C13H13BrN2. The normalized spacial score (nSPS) is 10.4. The summed E-state index contributed by atoms with van der Waals surface area (Å²) in [5, 5.41) is 0.843. The zero-order chi connectivity index (χ0) is 11.4. The quantitative estimate of drug-likeness (QED) is 0.801. The summed E-state index contributed by atoms with van der Waals surface area (Å²) in [4.78, 5) is 8.70. The lowest BCUT2D eigenvalue weighted by molar-refractivity contribution is 1.11. The van der Waals surface area contributed by atoms with Gasteiger partial charge in [-0.05, 0) is 41.8 Å². The fourth-order valence-electron chi connectivity index (χ4n) is 1.53. The van der Waals surface area contributed by atoms with E-state index in [9.17, 15) is 0 Å². The maximum atomic E-state index is 4.36. The molecule has 0 aliphatic heterocycles. The number of aromatic nitrogens is 2. The molecule has 82 valence electrons. The van der Waals surface area contributed by atoms with Gasteiger partial charge in [-0.1, -0.05) is 22.9 Å². The highest BCUT2D eigenvalue weighted by atomic mass is 79.9. The summed E-state index contributed by atoms with van der Waals surface area (Å²) in [5.41, 5.74) is 4.39. The Morgan fingerprint density at radius 1 is 1.00 bits per heavy atom. The first-order valence-corrected chi connectivity index (χ1v) is 6.42. The smallest absolute Gasteiger partial charge is 0.0889 e. The molecular weight excluding hydrogens is 264 g/mol. The number of alkyl halides is 1. The molecule has 0 N–H and O–H groups in total. The van der Waals surface area contributed by atoms with Crippen LogP contribution in [0.3, 0.4) is 0 Å². The number of rotatable bonds is 3. The fourth-order valence-corrected chi connectivity index (χ4v) is 1.88. The van der Waals surface area contributed by atoms with Crippen LogP contribution >= 0.6 is 15.9 Å². The maximum absolute atomic E-state index is 4.36. The van der Waals surface area contributed by atoms with Gasteiger partial charge in [-0.2, -0.15) is 0 Å². The van der Waals surface area contributed by atoms with E-state index in [4.69, 9.17) is 0 Å². The lowest BCUT2D eigenvalue weighted by Crippen LogP contribution is -1.90. The van der Waals surface area contributed by atoms with Crippen molar-refractivity contribution < 1.29 is 0 Å². The Kier molecular flexibility index (Phi) is 3.67. The highest BCUT2D eigenvalue weighted by Crippen LogP contribution is 2.17. The SMILES string of the molecule is CCc1ccnc(-c2cc(CBr)ccn2)c1. The van der Waals surface area contributed by atoms with E-state index in [0.29, 0.717) is 0 Å². The molecule has 2 nitrogen and oxygen atoms in total. The lowest BCUT2D eigenvalue weighted by atomic mass is 10.1. The average molecular weight is 277 g/mol. The fraction of sp³-hybridized carbons (Fsp3) is 0.231. The molecule has 0 spiro atoms. The monoisotopic (exact) mass is 276 g/mol. The minimum Gasteiger partial charge on any atom is -0.255 e. The number of nitrogens with zero attached hydrogens (tertiary/aromatic N) is 2. The van der Waals surface area contributed by atoms with Gasteiger partial charge in [0.25, 0.3) is 0 Å². The molecule has 0 atom stereocenters. The van der Waals surface area contributed by atoms with E-state index in [1.165, 1.54) is 11.1 Å². The van der Waals surface area contributed by atoms with Crippen LogP contribution in [0, 0.1) is 0 Å². The van der Waals surface area contributed by atoms with Gasteiger partial charge in [-0.15, -0.1) is 0 Å². The molecule has 0 radical (unpaired) electrons. The number of halogens is 1. The summed E-state index contributed by atoms with van der Waals surface area (Å²) in [6.07, 6.45) is 4.69. The third-order valence-electron chi connectivity index (χ3n) is 2.47. The largest absolute Gasteiger partial charge is 0.255 e. The molecule has 0 saturated carbocycles. The van der Waals surface area contributed by atoms with Crippen LogP contribution in [0.2, 0.25) is 0 Å². The van der Waals surface area contributed by atoms with Crippen molar-refractivity contribution in [2.75, 3.05) is 0 Å². The van der Waals surface area contributed by atoms with Gasteiger partial charge >= 0.3 is 0 Å². The summed E-state index contributed by atoms with van der Waals surface area (Å²) in [7, 11) is 0. The van der Waals surface area contributed by atoms with Crippen LogP contribution in [0.4, 0.5) is 0 Å². The van der Waals surface area contributed by atoms with Gasteiger partial charge in [0, 0.05) is 17.7 Å². The molecule has 3 heteroatoms. The van der Waals surface area contributed by atoms with Crippen molar-refractivity contribution in [3.05, 3.63) is 47.8 Å². The zero-order valence-electron chi connectivity index (χ0n) is 9.15. The number of pyridine rings is 2. The lowest BCUT2D eigenvalue weighted by Gasteiger charge is -2.03. The summed E-state index contributed by atoms with van der Waals surface area (Å²) in [6.45, 7) is 2.14. The molecule has 0 aliphatic carbocycles.